The van der Waals surface area contributed by atoms with Crippen molar-refractivity contribution in [2.45, 2.75) is 31.3 Å². The predicted octanol–water partition coefficient (Wildman–Crippen LogP) is 0.880. The maximum absolute atomic E-state index is 12.5. The molecule has 0 radical (unpaired) electrons. The third-order valence-electron chi connectivity index (χ3n) is 4.41. The molecule has 3 N–H and O–H groups in total. The molecule has 0 fully saturated rings. The molecule has 1 atom stereocenters. The topological polar surface area (TPSA) is 69.8 Å². The summed E-state index contributed by atoms with van der Waals surface area (Å²) in [5, 5.41) is 6.43. The Labute approximate surface area is 123 Å². The maximum atomic E-state index is 12.5. The second kappa shape index (κ2) is 5.00. The van der Waals surface area contributed by atoms with Gasteiger partial charge < -0.3 is 15.6 Å². The first-order valence-corrected chi connectivity index (χ1v) is 7.44. The lowest BCUT2D eigenvalue weighted by molar-refractivity contribution is -0.124. The van der Waals surface area contributed by atoms with Gasteiger partial charge in [0.1, 0.15) is 6.04 Å². The number of aromatic amines is 1. The highest BCUT2D eigenvalue weighted by molar-refractivity contribution is 5.83. The molecule has 0 unspecified atom stereocenters. The van der Waals surface area contributed by atoms with Crippen LogP contribution in [0, 0.1) is 0 Å². The predicted molar refractivity (Wildman–Crippen MR) is 78.8 cm³/mol. The fourth-order valence-electron chi connectivity index (χ4n) is 3.38. The second-order valence-electron chi connectivity index (χ2n) is 5.79. The number of aromatic nitrogens is 2. The molecule has 2 aliphatic rings. The lowest BCUT2D eigenvalue weighted by Gasteiger charge is -2.24. The van der Waals surface area contributed by atoms with Crippen LogP contribution >= 0.6 is 0 Å². The molecule has 1 aromatic heterocycles. The molecule has 2 aromatic rings. The molecule has 0 saturated carbocycles. The van der Waals surface area contributed by atoms with Gasteiger partial charge in [0.25, 0.3) is 0 Å². The first kappa shape index (κ1) is 12.6. The number of amides is 1. The van der Waals surface area contributed by atoms with Gasteiger partial charge in [-0.3, -0.25) is 4.79 Å². The Hall–Kier alpha value is -2.14. The summed E-state index contributed by atoms with van der Waals surface area (Å²) in [7, 11) is 0. The third kappa shape index (κ3) is 2.23. The van der Waals surface area contributed by atoms with Crippen molar-refractivity contribution >= 4 is 5.91 Å². The van der Waals surface area contributed by atoms with Crippen LogP contribution in [-0.4, -0.2) is 28.5 Å². The monoisotopic (exact) mass is 282 g/mol. The highest BCUT2D eigenvalue weighted by atomic mass is 16.2. The van der Waals surface area contributed by atoms with Crippen molar-refractivity contribution in [1.29, 1.82) is 0 Å². The minimum Gasteiger partial charge on any atom is -0.351 e. The van der Waals surface area contributed by atoms with Gasteiger partial charge in [-0.05, 0) is 24.0 Å². The molecular formula is C16H18N4O. The van der Waals surface area contributed by atoms with E-state index in [1.54, 1.807) is 6.33 Å². The Morgan fingerprint density at radius 3 is 2.76 bits per heavy atom. The summed E-state index contributed by atoms with van der Waals surface area (Å²) in [5.41, 5.74) is 4.61. The lowest BCUT2D eigenvalue weighted by atomic mass is 10.0. The van der Waals surface area contributed by atoms with Crippen molar-refractivity contribution in [2.75, 3.05) is 6.54 Å². The molecular weight excluding hydrogens is 264 g/mol. The van der Waals surface area contributed by atoms with Crippen LogP contribution in [0.25, 0.3) is 0 Å². The minimum absolute atomic E-state index is 0.0286. The molecule has 0 saturated heterocycles. The van der Waals surface area contributed by atoms with Crippen molar-refractivity contribution < 1.29 is 4.79 Å². The van der Waals surface area contributed by atoms with Gasteiger partial charge in [0, 0.05) is 24.7 Å². The Balaban J connectivity index is 1.47. The number of imidazole rings is 1. The summed E-state index contributed by atoms with van der Waals surface area (Å²) in [4.78, 5) is 20.0. The average molecular weight is 282 g/mol. The molecule has 2 heterocycles. The van der Waals surface area contributed by atoms with Crippen LogP contribution in [0.2, 0.25) is 0 Å². The first-order valence-electron chi connectivity index (χ1n) is 7.44. The van der Waals surface area contributed by atoms with Gasteiger partial charge in [-0.15, -0.1) is 0 Å². The summed E-state index contributed by atoms with van der Waals surface area (Å²) in [6, 6.07) is 8.27. The highest BCUT2D eigenvalue weighted by Crippen LogP contribution is 2.23. The zero-order valence-corrected chi connectivity index (χ0v) is 11.7. The normalized spacial score (nSPS) is 20.9. The Bertz CT molecular complexity index is 653. The van der Waals surface area contributed by atoms with Crippen molar-refractivity contribution in [3.05, 3.63) is 53.1 Å². The number of hydrogen-bond donors (Lipinski definition) is 3. The van der Waals surface area contributed by atoms with Crippen molar-refractivity contribution in [2.24, 2.45) is 0 Å². The van der Waals surface area contributed by atoms with Crippen LogP contribution in [0.15, 0.2) is 30.6 Å². The highest BCUT2D eigenvalue weighted by Gasteiger charge is 2.31. The summed E-state index contributed by atoms with van der Waals surface area (Å²) < 4.78 is 0. The van der Waals surface area contributed by atoms with Crippen molar-refractivity contribution in [1.82, 2.24) is 20.6 Å². The second-order valence-corrected chi connectivity index (χ2v) is 5.79. The summed E-state index contributed by atoms with van der Waals surface area (Å²) in [5.74, 6) is 0.0286. The zero-order valence-electron chi connectivity index (χ0n) is 11.7. The number of fused-ring (bicyclic) bond motifs is 2. The van der Waals surface area contributed by atoms with Gasteiger partial charge in [-0.25, -0.2) is 4.98 Å². The number of hydrogen-bond acceptors (Lipinski definition) is 3. The average Bonchev–Trinajstić information content (AvgIpc) is 3.12. The lowest BCUT2D eigenvalue weighted by Crippen LogP contribution is -2.45. The Morgan fingerprint density at radius 1 is 1.24 bits per heavy atom. The molecule has 1 aliphatic heterocycles. The molecule has 0 bridgehead atoms. The van der Waals surface area contributed by atoms with E-state index >= 15 is 0 Å². The molecule has 0 spiro atoms. The number of benzene rings is 1. The van der Waals surface area contributed by atoms with Crippen LogP contribution in [0.5, 0.6) is 0 Å². The number of H-pyrrole nitrogens is 1. The molecule has 1 aromatic carbocycles. The van der Waals surface area contributed by atoms with Gasteiger partial charge in [-0.1, -0.05) is 24.3 Å². The Morgan fingerprint density at radius 2 is 2.00 bits per heavy atom. The fourth-order valence-corrected chi connectivity index (χ4v) is 3.38. The van der Waals surface area contributed by atoms with Crippen LogP contribution < -0.4 is 10.6 Å². The number of carbonyl (C=O) groups is 1. The third-order valence-corrected chi connectivity index (χ3v) is 4.41. The van der Waals surface area contributed by atoms with E-state index in [2.05, 4.69) is 44.9 Å². The smallest absolute Gasteiger partial charge is 0.243 e. The molecule has 5 nitrogen and oxygen atoms in total. The SMILES string of the molecule is O=C(NC1Cc2ccccc2C1)[C@@H]1NCCc2[nH]cnc21. The van der Waals surface area contributed by atoms with E-state index in [0.29, 0.717) is 0 Å². The number of carbonyl (C=O) groups excluding carboxylic acids is 1. The fraction of sp³-hybridized carbons (Fsp3) is 0.375. The Kier molecular flexibility index (Phi) is 3.00. The van der Waals surface area contributed by atoms with Gasteiger partial charge in [-0.2, -0.15) is 0 Å². The van der Waals surface area contributed by atoms with E-state index in [1.165, 1.54) is 11.1 Å². The molecule has 1 aliphatic carbocycles. The number of nitrogens with one attached hydrogen (secondary N) is 3. The zero-order chi connectivity index (χ0) is 14.2. The van der Waals surface area contributed by atoms with Crippen molar-refractivity contribution in [3.63, 3.8) is 0 Å². The molecule has 108 valence electrons. The van der Waals surface area contributed by atoms with Crippen LogP contribution in [0.1, 0.15) is 28.6 Å². The number of rotatable bonds is 2. The maximum Gasteiger partial charge on any atom is 0.243 e. The summed E-state index contributed by atoms with van der Waals surface area (Å²) >= 11 is 0. The number of nitrogens with zero attached hydrogens (tertiary/aromatic N) is 1. The molecule has 21 heavy (non-hydrogen) atoms. The van der Waals surface area contributed by atoms with Gasteiger partial charge in [0.05, 0.1) is 12.0 Å². The molecule has 5 heteroatoms. The van der Waals surface area contributed by atoms with Crippen LogP contribution in [-0.2, 0) is 24.1 Å². The van der Waals surface area contributed by atoms with Gasteiger partial charge in [0.2, 0.25) is 5.91 Å². The van der Waals surface area contributed by atoms with Crippen LogP contribution in [0.4, 0.5) is 0 Å². The summed E-state index contributed by atoms with van der Waals surface area (Å²) in [6.07, 6.45) is 4.40. The standard InChI is InChI=1S/C16H18N4O/c21-16(15-14-13(5-6-17-15)18-9-19-14)20-12-7-10-3-1-2-4-11(10)8-12/h1-4,9,12,15,17H,5-8H2,(H,18,19)(H,20,21)/t15-/m1/s1. The van der Waals surface area contributed by atoms with Gasteiger partial charge in [0.15, 0.2) is 0 Å². The van der Waals surface area contributed by atoms with E-state index in [-0.39, 0.29) is 18.0 Å². The van der Waals surface area contributed by atoms with E-state index in [4.69, 9.17) is 0 Å². The van der Waals surface area contributed by atoms with E-state index in [0.717, 1.165) is 37.2 Å². The van der Waals surface area contributed by atoms with Gasteiger partial charge >= 0.3 is 0 Å². The molecule has 1 amide bonds. The van der Waals surface area contributed by atoms with E-state index < -0.39 is 0 Å². The summed E-state index contributed by atoms with van der Waals surface area (Å²) in [6.45, 7) is 0.804. The van der Waals surface area contributed by atoms with Crippen LogP contribution in [0.3, 0.4) is 0 Å². The van der Waals surface area contributed by atoms with E-state index in [9.17, 15) is 4.79 Å². The van der Waals surface area contributed by atoms with Crippen molar-refractivity contribution in [3.8, 4) is 0 Å². The quantitative estimate of drug-likeness (QED) is 0.766. The largest absolute Gasteiger partial charge is 0.351 e. The minimum atomic E-state index is -0.330. The van der Waals surface area contributed by atoms with E-state index in [1.807, 2.05) is 0 Å². The molecule has 4 rings (SSSR count). The first-order chi connectivity index (χ1) is 10.3.